The van der Waals surface area contributed by atoms with Gasteiger partial charge in [-0.2, -0.15) is 0 Å². The van der Waals surface area contributed by atoms with Crippen LogP contribution in [0.25, 0.3) is 0 Å². The van der Waals surface area contributed by atoms with Crippen LogP contribution in [0.4, 0.5) is 5.69 Å². The van der Waals surface area contributed by atoms with E-state index in [-0.39, 0.29) is 5.91 Å². The summed E-state index contributed by atoms with van der Waals surface area (Å²) in [5.74, 6) is 0.0639. The van der Waals surface area contributed by atoms with E-state index >= 15 is 0 Å². The molecule has 0 spiro atoms. The van der Waals surface area contributed by atoms with Crippen LogP contribution in [0.15, 0.2) is 24.3 Å². The van der Waals surface area contributed by atoms with Crippen LogP contribution in [0.2, 0.25) is 0 Å². The Balaban J connectivity index is 1.81. The van der Waals surface area contributed by atoms with Crippen molar-refractivity contribution in [2.75, 3.05) is 5.32 Å². The van der Waals surface area contributed by atoms with E-state index in [1.54, 1.807) is 0 Å². The Labute approximate surface area is 122 Å². The number of nitrogens with one attached hydrogen (secondary N) is 2. The number of rotatable bonds is 6. The molecule has 1 aliphatic carbocycles. The average Bonchev–Trinajstić information content (AvgIpc) is 2.93. The van der Waals surface area contributed by atoms with Gasteiger partial charge in [-0.15, -0.1) is 0 Å². The summed E-state index contributed by atoms with van der Waals surface area (Å²) >= 11 is 0. The highest BCUT2D eigenvalue weighted by Gasteiger charge is 2.16. The van der Waals surface area contributed by atoms with Crippen LogP contribution in [0.3, 0.4) is 0 Å². The minimum atomic E-state index is 0.0639. The number of carbonyl (C=O) groups excluding carboxylic acids is 1. The van der Waals surface area contributed by atoms with Crippen LogP contribution in [-0.4, -0.2) is 18.0 Å². The molecule has 0 radical (unpaired) electrons. The molecule has 0 saturated heterocycles. The highest BCUT2D eigenvalue weighted by atomic mass is 16.1. The van der Waals surface area contributed by atoms with E-state index in [1.165, 1.54) is 31.2 Å². The number of hydrogen-bond acceptors (Lipinski definition) is 2. The van der Waals surface area contributed by atoms with Crippen LogP contribution >= 0.6 is 0 Å². The summed E-state index contributed by atoms with van der Waals surface area (Å²) in [5.41, 5.74) is 2.20. The van der Waals surface area contributed by atoms with Gasteiger partial charge in [0.05, 0.1) is 0 Å². The first-order valence-electron chi connectivity index (χ1n) is 7.82. The number of hydrogen-bond donors (Lipinski definition) is 2. The largest absolute Gasteiger partial charge is 0.326 e. The average molecular weight is 274 g/mol. The summed E-state index contributed by atoms with van der Waals surface area (Å²) in [5, 5.41) is 6.59. The Morgan fingerprint density at radius 2 is 1.90 bits per heavy atom. The van der Waals surface area contributed by atoms with E-state index in [0.29, 0.717) is 18.5 Å². The first-order valence-corrected chi connectivity index (χ1v) is 7.82. The molecule has 1 amide bonds. The molecule has 0 aromatic heterocycles. The Kier molecular flexibility index (Phi) is 5.60. The summed E-state index contributed by atoms with van der Waals surface area (Å²) in [6.45, 7) is 4.12. The number of anilines is 1. The predicted molar refractivity (Wildman–Crippen MR) is 83.9 cm³/mol. The van der Waals surface area contributed by atoms with Crippen molar-refractivity contribution < 1.29 is 4.79 Å². The molecule has 1 aromatic rings. The zero-order valence-electron chi connectivity index (χ0n) is 12.6. The van der Waals surface area contributed by atoms with Gasteiger partial charge in [0.25, 0.3) is 0 Å². The van der Waals surface area contributed by atoms with Crippen molar-refractivity contribution in [1.82, 2.24) is 5.32 Å². The second kappa shape index (κ2) is 7.44. The van der Waals surface area contributed by atoms with Crippen LogP contribution in [0.1, 0.15) is 51.5 Å². The van der Waals surface area contributed by atoms with Crippen LogP contribution in [-0.2, 0) is 11.2 Å². The van der Waals surface area contributed by atoms with Crippen molar-refractivity contribution >= 4 is 11.6 Å². The molecule has 0 bridgehead atoms. The maximum Gasteiger partial charge on any atom is 0.224 e. The fourth-order valence-corrected chi connectivity index (χ4v) is 2.88. The van der Waals surface area contributed by atoms with Crippen molar-refractivity contribution in [2.24, 2.45) is 0 Å². The van der Waals surface area contributed by atoms with Gasteiger partial charge < -0.3 is 10.6 Å². The molecule has 3 heteroatoms. The third-order valence-corrected chi connectivity index (χ3v) is 3.98. The van der Waals surface area contributed by atoms with E-state index in [9.17, 15) is 4.79 Å². The lowest BCUT2D eigenvalue weighted by Gasteiger charge is -2.19. The number of amides is 1. The first kappa shape index (κ1) is 15.0. The number of benzene rings is 1. The number of carbonyl (C=O) groups is 1. The van der Waals surface area contributed by atoms with Crippen molar-refractivity contribution in [3.8, 4) is 0 Å². The van der Waals surface area contributed by atoms with Gasteiger partial charge in [0.15, 0.2) is 0 Å². The van der Waals surface area contributed by atoms with Gasteiger partial charge >= 0.3 is 0 Å². The molecule has 1 aromatic carbocycles. The Bertz CT molecular complexity index is 421. The molecule has 0 aliphatic heterocycles. The normalized spacial score (nSPS) is 17.1. The van der Waals surface area contributed by atoms with E-state index in [2.05, 4.69) is 29.7 Å². The maximum atomic E-state index is 11.3. The van der Waals surface area contributed by atoms with Gasteiger partial charge in [-0.1, -0.05) is 31.9 Å². The Hall–Kier alpha value is -1.35. The summed E-state index contributed by atoms with van der Waals surface area (Å²) in [6.07, 6.45) is 6.95. The SMILES string of the molecule is CCC(=O)Nc1ccc(CC(C)NC2CCCC2)cc1. The monoisotopic (exact) mass is 274 g/mol. The zero-order valence-corrected chi connectivity index (χ0v) is 12.6. The topological polar surface area (TPSA) is 41.1 Å². The molecule has 1 aliphatic rings. The Morgan fingerprint density at radius 3 is 2.50 bits per heavy atom. The van der Waals surface area contributed by atoms with Gasteiger partial charge in [-0.3, -0.25) is 4.79 Å². The fourth-order valence-electron chi connectivity index (χ4n) is 2.88. The van der Waals surface area contributed by atoms with Crippen molar-refractivity contribution in [3.05, 3.63) is 29.8 Å². The van der Waals surface area contributed by atoms with Gasteiger partial charge in [-0.05, 0) is 43.9 Å². The van der Waals surface area contributed by atoms with Gasteiger partial charge in [-0.25, -0.2) is 0 Å². The molecule has 20 heavy (non-hydrogen) atoms. The molecule has 0 heterocycles. The minimum Gasteiger partial charge on any atom is -0.326 e. The van der Waals surface area contributed by atoms with Gasteiger partial charge in [0.2, 0.25) is 5.91 Å². The molecule has 1 atom stereocenters. The highest BCUT2D eigenvalue weighted by molar-refractivity contribution is 5.90. The van der Waals surface area contributed by atoms with Crippen LogP contribution in [0, 0.1) is 0 Å². The first-order chi connectivity index (χ1) is 9.67. The summed E-state index contributed by atoms with van der Waals surface area (Å²) in [7, 11) is 0. The van der Waals surface area contributed by atoms with Gasteiger partial charge in [0.1, 0.15) is 0 Å². The van der Waals surface area contributed by atoms with E-state index in [1.807, 2.05) is 19.1 Å². The lowest BCUT2D eigenvalue weighted by Crippen LogP contribution is -2.35. The molecule has 1 saturated carbocycles. The smallest absolute Gasteiger partial charge is 0.224 e. The maximum absolute atomic E-state index is 11.3. The molecule has 110 valence electrons. The standard InChI is InChI=1S/C17H26N2O/c1-3-17(20)19-16-10-8-14(9-11-16)12-13(2)18-15-6-4-5-7-15/h8-11,13,15,18H,3-7,12H2,1-2H3,(H,19,20). The van der Waals surface area contributed by atoms with Crippen LogP contribution in [0.5, 0.6) is 0 Å². The van der Waals surface area contributed by atoms with Gasteiger partial charge in [0, 0.05) is 24.2 Å². The fraction of sp³-hybridized carbons (Fsp3) is 0.588. The van der Waals surface area contributed by atoms with Crippen molar-refractivity contribution in [2.45, 2.75) is 64.5 Å². The van der Waals surface area contributed by atoms with E-state index in [4.69, 9.17) is 0 Å². The minimum absolute atomic E-state index is 0.0639. The third-order valence-electron chi connectivity index (χ3n) is 3.98. The summed E-state index contributed by atoms with van der Waals surface area (Å²) < 4.78 is 0. The molecule has 1 unspecified atom stereocenters. The lowest BCUT2D eigenvalue weighted by atomic mass is 10.1. The second-order valence-corrected chi connectivity index (χ2v) is 5.85. The second-order valence-electron chi connectivity index (χ2n) is 5.85. The quantitative estimate of drug-likeness (QED) is 0.833. The lowest BCUT2D eigenvalue weighted by molar-refractivity contribution is -0.115. The van der Waals surface area contributed by atoms with E-state index < -0.39 is 0 Å². The molecule has 3 nitrogen and oxygen atoms in total. The third kappa shape index (κ3) is 4.64. The Morgan fingerprint density at radius 1 is 1.25 bits per heavy atom. The van der Waals surface area contributed by atoms with Crippen molar-refractivity contribution in [3.63, 3.8) is 0 Å². The summed E-state index contributed by atoms with van der Waals surface area (Å²) in [6, 6.07) is 9.43. The molecular weight excluding hydrogens is 248 g/mol. The van der Waals surface area contributed by atoms with Crippen LogP contribution < -0.4 is 10.6 Å². The molecule has 2 N–H and O–H groups in total. The molecule has 1 fully saturated rings. The summed E-state index contributed by atoms with van der Waals surface area (Å²) in [4.78, 5) is 11.3. The highest BCUT2D eigenvalue weighted by Crippen LogP contribution is 2.19. The zero-order chi connectivity index (χ0) is 14.4. The molecule has 2 rings (SSSR count). The van der Waals surface area contributed by atoms with E-state index in [0.717, 1.165) is 12.1 Å². The predicted octanol–water partition coefficient (Wildman–Crippen LogP) is 3.50. The van der Waals surface area contributed by atoms with Crippen molar-refractivity contribution in [1.29, 1.82) is 0 Å². The molecular formula is C17H26N2O.